The molecule has 6 heteroatoms. The molecule has 0 aliphatic carbocycles. The molecule has 1 aliphatic rings. The molecule has 3 rings (SSSR count). The third-order valence-corrected chi connectivity index (χ3v) is 4.65. The number of carbonyl (C=O) groups excluding carboxylic acids is 1. The van der Waals surface area contributed by atoms with Crippen LogP contribution in [-0.4, -0.2) is 47.6 Å². The molecule has 0 spiro atoms. The molecule has 1 amide bonds. The summed E-state index contributed by atoms with van der Waals surface area (Å²) in [5, 5.41) is 4.08. The van der Waals surface area contributed by atoms with Gasteiger partial charge in [-0.25, -0.2) is 0 Å². The number of aryl methyl sites for hydroxylation is 2. The minimum atomic E-state index is 0.0661. The number of nitrogens with zero attached hydrogens (tertiary/aromatic N) is 4. The van der Waals surface area contributed by atoms with Crippen LogP contribution in [0, 0.1) is 6.92 Å². The Morgan fingerprint density at radius 3 is 2.92 bits per heavy atom. The molecule has 0 saturated carbocycles. The molecule has 0 atom stereocenters. The zero-order chi connectivity index (χ0) is 18.5. The SMILES string of the molecule is CCN(C(=O)CCc1nc(C2=CCN(C)CC2)no1)c1cccc(C)c1. The summed E-state index contributed by atoms with van der Waals surface area (Å²) in [6.07, 6.45) is 3.87. The van der Waals surface area contributed by atoms with Gasteiger partial charge in [-0.15, -0.1) is 0 Å². The van der Waals surface area contributed by atoms with Crippen molar-refractivity contribution in [3.63, 3.8) is 0 Å². The van der Waals surface area contributed by atoms with Crippen molar-refractivity contribution in [3.8, 4) is 0 Å². The fourth-order valence-electron chi connectivity index (χ4n) is 3.11. The lowest BCUT2D eigenvalue weighted by Gasteiger charge is -2.21. The van der Waals surface area contributed by atoms with Gasteiger partial charge in [-0.1, -0.05) is 23.4 Å². The Balaban J connectivity index is 1.61. The summed E-state index contributed by atoms with van der Waals surface area (Å²) in [5.41, 5.74) is 3.20. The van der Waals surface area contributed by atoms with Crippen LogP contribution in [0.5, 0.6) is 0 Å². The van der Waals surface area contributed by atoms with E-state index in [9.17, 15) is 4.79 Å². The van der Waals surface area contributed by atoms with E-state index in [4.69, 9.17) is 4.52 Å². The van der Waals surface area contributed by atoms with Crippen LogP contribution in [0.1, 0.15) is 37.0 Å². The Bertz CT molecular complexity index is 797. The molecule has 1 aliphatic heterocycles. The molecule has 2 aromatic rings. The summed E-state index contributed by atoms with van der Waals surface area (Å²) in [4.78, 5) is 21.1. The fraction of sp³-hybridized carbons (Fsp3) is 0.450. The Labute approximate surface area is 154 Å². The van der Waals surface area contributed by atoms with Crippen LogP contribution < -0.4 is 4.90 Å². The standard InChI is InChI=1S/C20H26N4O2/c1-4-24(17-7-5-6-15(2)14-17)19(25)9-8-18-21-20(22-26-18)16-10-12-23(3)13-11-16/h5-7,10,14H,4,8-9,11-13H2,1-3H3. The lowest BCUT2D eigenvalue weighted by Crippen LogP contribution is -2.30. The molecule has 0 unspecified atom stereocenters. The van der Waals surface area contributed by atoms with Gasteiger partial charge in [-0.05, 0) is 50.6 Å². The number of benzene rings is 1. The second-order valence-electron chi connectivity index (χ2n) is 6.73. The fourth-order valence-corrected chi connectivity index (χ4v) is 3.11. The molecule has 2 heterocycles. The molecule has 0 N–H and O–H groups in total. The summed E-state index contributed by atoms with van der Waals surface area (Å²) in [5.74, 6) is 1.25. The van der Waals surface area contributed by atoms with Gasteiger partial charge in [-0.3, -0.25) is 4.79 Å². The Morgan fingerprint density at radius 1 is 1.38 bits per heavy atom. The van der Waals surface area contributed by atoms with Crippen molar-refractivity contribution in [2.45, 2.75) is 33.1 Å². The van der Waals surface area contributed by atoms with Crippen molar-refractivity contribution in [1.29, 1.82) is 0 Å². The largest absolute Gasteiger partial charge is 0.339 e. The van der Waals surface area contributed by atoms with Gasteiger partial charge in [-0.2, -0.15) is 4.98 Å². The molecule has 0 fully saturated rings. The quantitative estimate of drug-likeness (QED) is 0.798. The summed E-state index contributed by atoms with van der Waals surface area (Å²) in [6, 6.07) is 7.99. The average molecular weight is 354 g/mol. The van der Waals surface area contributed by atoms with E-state index in [1.165, 1.54) is 0 Å². The van der Waals surface area contributed by atoms with Gasteiger partial charge in [0, 0.05) is 38.2 Å². The lowest BCUT2D eigenvalue weighted by atomic mass is 10.1. The zero-order valence-corrected chi connectivity index (χ0v) is 15.7. The maximum atomic E-state index is 12.6. The van der Waals surface area contributed by atoms with Crippen molar-refractivity contribution in [2.24, 2.45) is 0 Å². The zero-order valence-electron chi connectivity index (χ0n) is 15.7. The van der Waals surface area contributed by atoms with Crippen molar-refractivity contribution < 1.29 is 9.32 Å². The van der Waals surface area contributed by atoms with E-state index in [0.29, 0.717) is 31.1 Å². The van der Waals surface area contributed by atoms with Gasteiger partial charge < -0.3 is 14.3 Å². The highest BCUT2D eigenvalue weighted by Crippen LogP contribution is 2.20. The normalized spacial score (nSPS) is 15.0. The highest BCUT2D eigenvalue weighted by atomic mass is 16.5. The van der Waals surface area contributed by atoms with Gasteiger partial charge in [0.05, 0.1) is 0 Å². The number of hydrogen-bond acceptors (Lipinski definition) is 5. The topological polar surface area (TPSA) is 62.5 Å². The lowest BCUT2D eigenvalue weighted by molar-refractivity contribution is -0.118. The van der Waals surface area contributed by atoms with Crippen LogP contribution in [0.3, 0.4) is 0 Å². The number of hydrogen-bond donors (Lipinski definition) is 0. The predicted molar refractivity (Wildman–Crippen MR) is 102 cm³/mol. The minimum Gasteiger partial charge on any atom is -0.339 e. The average Bonchev–Trinajstić information content (AvgIpc) is 3.10. The third-order valence-electron chi connectivity index (χ3n) is 4.65. The molecule has 26 heavy (non-hydrogen) atoms. The van der Waals surface area contributed by atoms with E-state index in [1.54, 1.807) is 4.90 Å². The van der Waals surface area contributed by atoms with Gasteiger partial charge in [0.1, 0.15) is 0 Å². The first-order valence-electron chi connectivity index (χ1n) is 9.14. The second kappa shape index (κ2) is 8.27. The van der Waals surface area contributed by atoms with Crippen LogP contribution in [0.15, 0.2) is 34.9 Å². The van der Waals surface area contributed by atoms with Gasteiger partial charge >= 0.3 is 0 Å². The minimum absolute atomic E-state index is 0.0661. The predicted octanol–water partition coefficient (Wildman–Crippen LogP) is 3.08. The summed E-state index contributed by atoms with van der Waals surface area (Å²) >= 11 is 0. The molecular weight excluding hydrogens is 328 g/mol. The second-order valence-corrected chi connectivity index (χ2v) is 6.73. The smallest absolute Gasteiger partial charge is 0.227 e. The monoisotopic (exact) mass is 354 g/mol. The Morgan fingerprint density at radius 2 is 2.23 bits per heavy atom. The number of likely N-dealkylation sites (N-methyl/N-ethyl adjacent to an activating group) is 1. The highest BCUT2D eigenvalue weighted by molar-refractivity contribution is 5.93. The molecule has 138 valence electrons. The molecule has 0 radical (unpaired) electrons. The number of rotatable bonds is 6. The van der Waals surface area contributed by atoms with Crippen LogP contribution in [0.25, 0.3) is 5.57 Å². The van der Waals surface area contributed by atoms with E-state index in [2.05, 4.69) is 28.2 Å². The molecule has 6 nitrogen and oxygen atoms in total. The number of aromatic nitrogens is 2. The molecule has 0 saturated heterocycles. The van der Waals surface area contributed by atoms with E-state index in [1.807, 2.05) is 38.1 Å². The molecule has 1 aromatic heterocycles. The van der Waals surface area contributed by atoms with Crippen molar-refractivity contribution in [2.75, 3.05) is 31.6 Å². The highest BCUT2D eigenvalue weighted by Gasteiger charge is 2.18. The number of carbonyl (C=O) groups is 1. The van der Waals surface area contributed by atoms with E-state index < -0.39 is 0 Å². The van der Waals surface area contributed by atoms with E-state index >= 15 is 0 Å². The van der Waals surface area contributed by atoms with Crippen molar-refractivity contribution in [3.05, 3.63) is 47.6 Å². The van der Waals surface area contributed by atoms with Crippen molar-refractivity contribution in [1.82, 2.24) is 15.0 Å². The van der Waals surface area contributed by atoms with Crippen LogP contribution in [-0.2, 0) is 11.2 Å². The van der Waals surface area contributed by atoms with Gasteiger partial charge in [0.2, 0.25) is 11.8 Å². The van der Waals surface area contributed by atoms with E-state index in [-0.39, 0.29) is 5.91 Å². The molecular formula is C20H26N4O2. The summed E-state index contributed by atoms with van der Waals surface area (Å²) in [6.45, 7) is 6.55. The van der Waals surface area contributed by atoms with Crippen LogP contribution in [0.4, 0.5) is 5.69 Å². The summed E-state index contributed by atoms with van der Waals surface area (Å²) in [7, 11) is 2.09. The maximum Gasteiger partial charge on any atom is 0.227 e. The Hall–Kier alpha value is -2.47. The van der Waals surface area contributed by atoms with Gasteiger partial charge in [0.15, 0.2) is 5.82 Å². The third kappa shape index (κ3) is 4.38. The van der Waals surface area contributed by atoms with Crippen molar-refractivity contribution >= 4 is 17.2 Å². The Kier molecular flexibility index (Phi) is 5.83. The first-order chi connectivity index (χ1) is 12.6. The number of amides is 1. The van der Waals surface area contributed by atoms with Gasteiger partial charge in [0.25, 0.3) is 0 Å². The maximum absolute atomic E-state index is 12.6. The molecule has 1 aromatic carbocycles. The summed E-state index contributed by atoms with van der Waals surface area (Å²) < 4.78 is 5.35. The first-order valence-corrected chi connectivity index (χ1v) is 9.14. The van der Waals surface area contributed by atoms with Crippen LogP contribution in [0.2, 0.25) is 0 Å². The van der Waals surface area contributed by atoms with E-state index in [0.717, 1.165) is 36.3 Å². The van der Waals surface area contributed by atoms with Crippen LogP contribution >= 0.6 is 0 Å². The molecule has 0 bridgehead atoms. The first kappa shape index (κ1) is 18.3. The number of anilines is 1.